The van der Waals surface area contributed by atoms with E-state index in [4.69, 9.17) is 5.26 Å². The molecule has 0 atom stereocenters. The Hall–Kier alpha value is -1.03. The third kappa shape index (κ3) is 2.07. The third-order valence-electron chi connectivity index (χ3n) is 2.32. The Kier molecular flexibility index (Phi) is 3.19. The molecule has 16 heavy (non-hydrogen) atoms. The van der Waals surface area contributed by atoms with Gasteiger partial charge in [0.2, 0.25) is 10.0 Å². The van der Waals surface area contributed by atoms with Crippen LogP contribution in [0.1, 0.15) is 5.56 Å². The van der Waals surface area contributed by atoms with Gasteiger partial charge in [-0.3, -0.25) is 0 Å². The highest BCUT2D eigenvalue weighted by molar-refractivity contribution is 8.00. The average Bonchev–Trinajstić information content (AvgIpc) is 2.83. The Morgan fingerprint density at radius 1 is 1.44 bits per heavy atom. The molecule has 1 heterocycles. The van der Waals surface area contributed by atoms with E-state index >= 15 is 0 Å². The van der Waals surface area contributed by atoms with Gasteiger partial charge in [0.15, 0.2) is 0 Å². The first-order chi connectivity index (χ1) is 7.64. The van der Waals surface area contributed by atoms with Gasteiger partial charge in [-0.1, -0.05) is 6.07 Å². The lowest BCUT2D eigenvalue weighted by atomic mass is 10.2. The van der Waals surface area contributed by atoms with Gasteiger partial charge in [0.05, 0.1) is 22.4 Å². The van der Waals surface area contributed by atoms with Crippen LogP contribution in [0.5, 0.6) is 0 Å². The zero-order valence-electron chi connectivity index (χ0n) is 8.46. The molecule has 6 heteroatoms. The van der Waals surface area contributed by atoms with Gasteiger partial charge in [0.25, 0.3) is 0 Å². The van der Waals surface area contributed by atoms with E-state index in [0.29, 0.717) is 18.0 Å². The Bertz CT molecular complexity index is 528. The fraction of sp³-hybridized carbons (Fsp3) is 0.300. The van der Waals surface area contributed by atoms with Crippen molar-refractivity contribution in [1.82, 2.24) is 4.31 Å². The molecule has 0 radical (unpaired) electrons. The smallest absolute Gasteiger partial charge is 0.207 e. The average molecular weight is 254 g/mol. The van der Waals surface area contributed by atoms with E-state index in [1.165, 1.54) is 16.4 Å². The fourth-order valence-electron chi connectivity index (χ4n) is 1.46. The Morgan fingerprint density at radius 3 is 2.88 bits per heavy atom. The van der Waals surface area contributed by atoms with Crippen LogP contribution in [0.4, 0.5) is 0 Å². The zero-order chi connectivity index (χ0) is 11.6. The molecule has 1 saturated heterocycles. The number of nitrogens with zero attached hydrogens (tertiary/aromatic N) is 2. The van der Waals surface area contributed by atoms with Gasteiger partial charge in [0, 0.05) is 12.3 Å². The molecule has 1 aromatic carbocycles. The van der Waals surface area contributed by atoms with Crippen LogP contribution in [0, 0.1) is 11.3 Å². The Labute approximate surface area is 98.9 Å². The topological polar surface area (TPSA) is 61.2 Å². The molecule has 0 spiro atoms. The molecule has 0 aliphatic carbocycles. The van der Waals surface area contributed by atoms with Crippen molar-refractivity contribution in [3.63, 3.8) is 0 Å². The summed E-state index contributed by atoms with van der Waals surface area (Å²) >= 11 is 1.60. The molecule has 2 rings (SSSR count). The lowest BCUT2D eigenvalue weighted by Gasteiger charge is -2.14. The number of hydrogen-bond donors (Lipinski definition) is 0. The maximum atomic E-state index is 12.1. The molecule has 0 aromatic heterocycles. The van der Waals surface area contributed by atoms with Crippen molar-refractivity contribution in [3.8, 4) is 6.07 Å². The third-order valence-corrected chi connectivity index (χ3v) is 5.29. The number of rotatable bonds is 2. The minimum Gasteiger partial charge on any atom is -0.207 e. The van der Waals surface area contributed by atoms with Gasteiger partial charge < -0.3 is 0 Å². The number of nitriles is 1. The second-order valence-corrected chi connectivity index (χ2v) is 6.37. The maximum absolute atomic E-state index is 12.1. The van der Waals surface area contributed by atoms with E-state index in [2.05, 4.69) is 0 Å². The summed E-state index contributed by atoms with van der Waals surface area (Å²) in [5.74, 6) is 1.33. The molecule has 1 aliphatic rings. The number of benzene rings is 1. The first-order valence-electron chi connectivity index (χ1n) is 4.72. The molecule has 0 unspecified atom stereocenters. The van der Waals surface area contributed by atoms with Crippen molar-refractivity contribution in [1.29, 1.82) is 5.26 Å². The van der Waals surface area contributed by atoms with Crippen molar-refractivity contribution in [2.75, 3.05) is 18.2 Å². The highest BCUT2D eigenvalue weighted by Crippen LogP contribution is 2.23. The fourth-order valence-corrected chi connectivity index (χ4v) is 4.32. The Balaban J connectivity index is 2.39. The quantitative estimate of drug-likeness (QED) is 0.797. The first kappa shape index (κ1) is 11.5. The van der Waals surface area contributed by atoms with Crippen molar-refractivity contribution >= 4 is 21.8 Å². The SMILES string of the molecule is N#Cc1cccc(S(=O)(=O)N2CCSC2)c1. The molecule has 1 aromatic rings. The predicted molar refractivity (Wildman–Crippen MR) is 62.4 cm³/mol. The van der Waals surface area contributed by atoms with Gasteiger partial charge in [-0.25, -0.2) is 8.42 Å². The first-order valence-corrected chi connectivity index (χ1v) is 7.32. The summed E-state index contributed by atoms with van der Waals surface area (Å²) in [6.07, 6.45) is 0. The molecule has 0 N–H and O–H groups in total. The molecule has 4 nitrogen and oxygen atoms in total. The number of thioether (sulfide) groups is 1. The molecule has 0 amide bonds. The molecule has 1 fully saturated rings. The van der Waals surface area contributed by atoms with Crippen molar-refractivity contribution in [3.05, 3.63) is 29.8 Å². The van der Waals surface area contributed by atoms with Gasteiger partial charge in [-0.2, -0.15) is 9.57 Å². The summed E-state index contributed by atoms with van der Waals surface area (Å²) in [6, 6.07) is 8.07. The van der Waals surface area contributed by atoms with Crippen LogP contribution in [0.2, 0.25) is 0 Å². The van der Waals surface area contributed by atoms with Crippen molar-refractivity contribution in [2.45, 2.75) is 4.90 Å². The molecule has 1 aliphatic heterocycles. The molecule has 0 saturated carbocycles. The summed E-state index contributed by atoms with van der Waals surface area (Å²) in [4.78, 5) is 0.203. The van der Waals surface area contributed by atoms with Crippen LogP contribution in [0.3, 0.4) is 0 Å². The minimum absolute atomic E-state index is 0.203. The van der Waals surface area contributed by atoms with E-state index < -0.39 is 10.0 Å². The second-order valence-electron chi connectivity index (χ2n) is 3.36. The van der Waals surface area contributed by atoms with Gasteiger partial charge >= 0.3 is 0 Å². The zero-order valence-corrected chi connectivity index (χ0v) is 10.1. The van der Waals surface area contributed by atoms with Crippen molar-refractivity contribution in [2.24, 2.45) is 0 Å². The van der Waals surface area contributed by atoms with Crippen LogP contribution in [-0.2, 0) is 10.0 Å². The van der Waals surface area contributed by atoms with Crippen molar-refractivity contribution < 1.29 is 8.42 Å². The van der Waals surface area contributed by atoms with Gasteiger partial charge in [-0.05, 0) is 18.2 Å². The van der Waals surface area contributed by atoms with Crippen LogP contribution in [0.15, 0.2) is 29.2 Å². The summed E-state index contributed by atoms with van der Waals surface area (Å²) in [7, 11) is -3.41. The molecular formula is C10H10N2O2S2. The lowest BCUT2D eigenvalue weighted by molar-refractivity contribution is 0.489. The highest BCUT2D eigenvalue weighted by Gasteiger charge is 2.27. The molecular weight excluding hydrogens is 244 g/mol. The summed E-state index contributed by atoms with van der Waals surface area (Å²) < 4.78 is 25.7. The van der Waals surface area contributed by atoms with E-state index in [1.54, 1.807) is 23.9 Å². The van der Waals surface area contributed by atoms with Gasteiger partial charge in [0.1, 0.15) is 0 Å². The largest absolute Gasteiger partial charge is 0.243 e. The highest BCUT2D eigenvalue weighted by atomic mass is 32.2. The number of hydrogen-bond acceptors (Lipinski definition) is 4. The maximum Gasteiger partial charge on any atom is 0.243 e. The standard InChI is InChI=1S/C10H10N2O2S2/c11-7-9-2-1-3-10(6-9)16(13,14)12-4-5-15-8-12/h1-3,6H,4-5,8H2. The van der Waals surface area contributed by atoms with Crippen LogP contribution >= 0.6 is 11.8 Å². The van der Waals surface area contributed by atoms with E-state index in [1.807, 2.05) is 6.07 Å². The van der Waals surface area contributed by atoms with E-state index in [9.17, 15) is 8.42 Å². The van der Waals surface area contributed by atoms with Crippen LogP contribution in [0.25, 0.3) is 0 Å². The minimum atomic E-state index is -3.41. The lowest BCUT2D eigenvalue weighted by Crippen LogP contribution is -2.28. The predicted octanol–water partition coefficient (Wildman–Crippen LogP) is 1.25. The van der Waals surface area contributed by atoms with E-state index in [-0.39, 0.29) is 4.90 Å². The number of sulfonamides is 1. The van der Waals surface area contributed by atoms with E-state index in [0.717, 1.165) is 5.75 Å². The molecule has 0 bridgehead atoms. The van der Waals surface area contributed by atoms with Crippen LogP contribution < -0.4 is 0 Å². The summed E-state index contributed by atoms with van der Waals surface area (Å²) in [5, 5.41) is 8.73. The normalized spacial score (nSPS) is 17.2. The summed E-state index contributed by atoms with van der Waals surface area (Å²) in [6.45, 7) is 0.545. The molecule has 84 valence electrons. The van der Waals surface area contributed by atoms with Crippen LogP contribution in [-0.4, -0.2) is 30.9 Å². The monoisotopic (exact) mass is 254 g/mol. The summed E-state index contributed by atoms with van der Waals surface area (Å²) in [5.41, 5.74) is 0.368. The second kappa shape index (κ2) is 4.45. The van der Waals surface area contributed by atoms with Gasteiger partial charge in [-0.15, -0.1) is 11.8 Å². The Morgan fingerprint density at radius 2 is 2.25 bits per heavy atom.